The standard InChI is InChI=1S/C15H22N2O/c1-9-17-14(13(8-16)18-9)15-5-10-2-11(6-15)4-12(3-10)7-15/h10-12H,2-8,16H2,1H3. The molecule has 3 heteroatoms. The third kappa shape index (κ3) is 1.43. The van der Waals surface area contributed by atoms with Crippen LogP contribution in [0.2, 0.25) is 0 Å². The summed E-state index contributed by atoms with van der Waals surface area (Å²) >= 11 is 0. The highest BCUT2D eigenvalue weighted by molar-refractivity contribution is 5.26. The number of hydrogen-bond donors (Lipinski definition) is 1. The maximum Gasteiger partial charge on any atom is 0.191 e. The zero-order chi connectivity index (χ0) is 12.3. The second kappa shape index (κ2) is 3.60. The van der Waals surface area contributed by atoms with E-state index in [1.807, 2.05) is 6.92 Å². The molecule has 0 aliphatic heterocycles. The lowest BCUT2D eigenvalue weighted by Gasteiger charge is -2.56. The molecule has 18 heavy (non-hydrogen) atoms. The van der Waals surface area contributed by atoms with Crippen LogP contribution in [0.25, 0.3) is 0 Å². The van der Waals surface area contributed by atoms with Crippen molar-refractivity contribution in [3.05, 3.63) is 17.3 Å². The summed E-state index contributed by atoms with van der Waals surface area (Å²) in [7, 11) is 0. The fourth-order valence-corrected chi connectivity index (χ4v) is 5.42. The molecular formula is C15H22N2O. The van der Waals surface area contributed by atoms with Crippen LogP contribution >= 0.6 is 0 Å². The highest BCUT2D eigenvalue weighted by Crippen LogP contribution is 2.60. The molecule has 0 radical (unpaired) electrons. The van der Waals surface area contributed by atoms with E-state index < -0.39 is 0 Å². The fourth-order valence-electron chi connectivity index (χ4n) is 5.42. The van der Waals surface area contributed by atoms with Crippen LogP contribution in [-0.4, -0.2) is 4.98 Å². The first-order valence-electron chi connectivity index (χ1n) is 7.35. The Morgan fingerprint density at radius 3 is 2.22 bits per heavy atom. The van der Waals surface area contributed by atoms with Crippen molar-refractivity contribution < 1.29 is 4.42 Å². The Bertz CT molecular complexity index is 442. The number of aromatic nitrogens is 1. The lowest BCUT2D eigenvalue weighted by molar-refractivity contribution is -0.00775. The van der Waals surface area contributed by atoms with E-state index in [1.54, 1.807) is 0 Å². The average molecular weight is 246 g/mol. The molecule has 98 valence electrons. The van der Waals surface area contributed by atoms with Gasteiger partial charge < -0.3 is 10.2 Å². The van der Waals surface area contributed by atoms with E-state index in [1.165, 1.54) is 44.2 Å². The van der Waals surface area contributed by atoms with Gasteiger partial charge in [0.1, 0.15) is 5.76 Å². The van der Waals surface area contributed by atoms with Crippen LogP contribution in [0, 0.1) is 24.7 Å². The molecule has 4 saturated carbocycles. The minimum atomic E-state index is 0.321. The predicted molar refractivity (Wildman–Crippen MR) is 69.0 cm³/mol. The number of rotatable bonds is 2. The van der Waals surface area contributed by atoms with E-state index >= 15 is 0 Å². The Labute approximate surface area is 108 Å². The van der Waals surface area contributed by atoms with E-state index in [0.717, 1.165) is 29.4 Å². The molecule has 4 aliphatic carbocycles. The zero-order valence-corrected chi connectivity index (χ0v) is 11.1. The molecule has 1 heterocycles. The van der Waals surface area contributed by atoms with E-state index in [9.17, 15) is 0 Å². The number of nitrogens with zero attached hydrogens (tertiary/aromatic N) is 1. The highest BCUT2D eigenvalue weighted by atomic mass is 16.4. The molecule has 0 spiro atoms. The quantitative estimate of drug-likeness (QED) is 0.873. The Hall–Kier alpha value is -0.830. The third-order valence-electron chi connectivity index (χ3n) is 5.53. The van der Waals surface area contributed by atoms with Gasteiger partial charge in [0.05, 0.1) is 12.2 Å². The molecule has 4 aliphatic rings. The van der Waals surface area contributed by atoms with Crippen molar-refractivity contribution in [1.82, 2.24) is 4.98 Å². The summed E-state index contributed by atoms with van der Waals surface area (Å²) < 4.78 is 5.72. The van der Waals surface area contributed by atoms with E-state index in [0.29, 0.717) is 12.0 Å². The van der Waals surface area contributed by atoms with Gasteiger partial charge >= 0.3 is 0 Å². The molecular weight excluding hydrogens is 224 g/mol. The van der Waals surface area contributed by atoms with Crippen LogP contribution in [0.1, 0.15) is 55.9 Å². The number of hydrogen-bond acceptors (Lipinski definition) is 3. The molecule has 0 amide bonds. The molecule has 0 aromatic carbocycles. The topological polar surface area (TPSA) is 52.0 Å². The van der Waals surface area contributed by atoms with Crippen molar-refractivity contribution in [3.8, 4) is 0 Å². The van der Waals surface area contributed by atoms with Gasteiger partial charge in [-0.25, -0.2) is 4.98 Å². The minimum Gasteiger partial charge on any atom is -0.444 e. The molecule has 0 atom stereocenters. The van der Waals surface area contributed by atoms with Crippen LogP contribution in [-0.2, 0) is 12.0 Å². The number of aryl methyl sites for hydroxylation is 1. The number of oxazole rings is 1. The summed E-state index contributed by atoms with van der Waals surface area (Å²) in [6.45, 7) is 2.45. The molecule has 2 N–H and O–H groups in total. The third-order valence-corrected chi connectivity index (χ3v) is 5.53. The second-order valence-corrected chi connectivity index (χ2v) is 6.91. The van der Waals surface area contributed by atoms with Gasteiger partial charge in [0.2, 0.25) is 0 Å². The SMILES string of the molecule is Cc1nc(C23CC4CC(CC(C4)C2)C3)c(CN)o1. The Morgan fingerprint density at radius 2 is 1.72 bits per heavy atom. The monoisotopic (exact) mass is 246 g/mol. The fraction of sp³-hybridized carbons (Fsp3) is 0.800. The highest BCUT2D eigenvalue weighted by Gasteiger charge is 2.53. The molecule has 0 unspecified atom stereocenters. The van der Waals surface area contributed by atoms with Crippen molar-refractivity contribution in [3.63, 3.8) is 0 Å². The van der Waals surface area contributed by atoms with Crippen molar-refractivity contribution >= 4 is 0 Å². The summed E-state index contributed by atoms with van der Waals surface area (Å²) in [6, 6.07) is 0. The average Bonchev–Trinajstić information content (AvgIpc) is 2.69. The largest absolute Gasteiger partial charge is 0.444 e. The summed E-state index contributed by atoms with van der Waals surface area (Å²) in [4.78, 5) is 4.72. The zero-order valence-electron chi connectivity index (χ0n) is 11.1. The van der Waals surface area contributed by atoms with Crippen molar-refractivity contribution in [2.24, 2.45) is 23.5 Å². The molecule has 1 aromatic rings. The van der Waals surface area contributed by atoms with Crippen LogP contribution in [0.5, 0.6) is 0 Å². The molecule has 4 fully saturated rings. The lowest BCUT2D eigenvalue weighted by atomic mass is 9.48. The van der Waals surface area contributed by atoms with Crippen LogP contribution in [0.15, 0.2) is 4.42 Å². The first kappa shape index (κ1) is 11.0. The molecule has 4 bridgehead atoms. The summed E-state index contributed by atoms with van der Waals surface area (Å²) in [5, 5.41) is 0. The molecule has 0 saturated heterocycles. The second-order valence-electron chi connectivity index (χ2n) is 6.91. The smallest absolute Gasteiger partial charge is 0.191 e. The van der Waals surface area contributed by atoms with Gasteiger partial charge in [-0.3, -0.25) is 0 Å². The summed E-state index contributed by atoms with van der Waals surface area (Å²) in [5.41, 5.74) is 7.39. The number of nitrogens with two attached hydrogens (primary N) is 1. The normalized spacial score (nSPS) is 41.6. The van der Waals surface area contributed by atoms with Gasteiger partial charge in [-0.15, -0.1) is 0 Å². The predicted octanol–water partition coefficient (Wildman–Crippen LogP) is 2.91. The van der Waals surface area contributed by atoms with Gasteiger partial charge in [0.15, 0.2) is 5.89 Å². The van der Waals surface area contributed by atoms with E-state index in [2.05, 4.69) is 0 Å². The maximum atomic E-state index is 5.85. The Morgan fingerprint density at radius 1 is 1.17 bits per heavy atom. The molecule has 5 rings (SSSR count). The maximum absolute atomic E-state index is 5.85. The van der Waals surface area contributed by atoms with Gasteiger partial charge in [-0.2, -0.15) is 0 Å². The van der Waals surface area contributed by atoms with Crippen molar-refractivity contribution in [2.45, 2.75) is 57.4 Å². The van der Waals surface area contributed by atoms with Crippen molar-refractivity contribution in [1.29, 1.82) is 0 Å². The van der Waals surface area contributed by atoms with E-state index in [4.69, 9.17) is 15.1 Å². The van der Waals surface area contributed by atoms with Crippen molar-refractivity contribution in [2.75, 3.05) is 0 Å². The summed E-state index contributed by atoms with van der Waals surface area (Å²) in [5.74, 6) is 4.58. The van der Waals surface area contributed by atoms with Gasteiger partial charge in [-0.05, 0) is 56.3 Å². The van der Waals surface area contributed by atoms with Crippen LogP contribution < -0.4 is 5.73 Å². The Balaban J connectivity index is 1.78. The molecule has 1 aromatic heterocycles. The van der Waals surface area contributed by atoms with Crippen LogP contribution in [0.3, 0.4) is 0 Å². The lowest BCUT2D eigenvalue weighted by Crippen LogP contribution is -2.49. The Kier molecular flexibility index (Phi) is 2.20. The van der Waals surface area contributed by atoms with E-state index in [-0.39, 0.29) is 0 Å². The minimum absolute atomic E-state index is 0.321. The molecule has 3 nitrogen and oxygen atoms in total. The first-order valence-corrected chi connectivity index (χ1v) is 7.35. The van der Waals surface area contributed by atoms with Gasteiger partial charge in [-0.1, -0.05) is 0 Å². The van der Waals surface area contributed by atoms with Gasteiger partial charge in [0.25, 0.3) is 0 Å². The summed E-state index contributed by atoms with van der Waals surface area (Å²) in [6.07, 6.45) is 8.39. The first-order chi connectivity index (χ1) is 8.68. The van der Waals surface area contributed by atoms with Gasteiger partial charge in [0, 0.05) is 12.3 Å². The van der Waals surface area contributed by atoms with Crippen LogP contribution in [0.4, 0.5) is 0 Å².